The van der Waals surface area contributed by atoms with Crippen LogP contribution in [0, 0.1) is 0 Å². The molecular weight excluding hydrogens is 360 g/mol. The Labute approximate surface area is 161 Å². The number of carbonyl (C=O) groups excluding carboxylic acids is 1. The van der Waals surface area contributed by atoms with Crippen LogP contribution in [0.1, 0.15) is 17.7 Å². The summed E-state index contributed by atoms with van der Waals surface area (Å²) in [5.74, 6) is 0.217. The maximum Gasteiger partial charge on any atom is 0.258 e. The second-order valence-electron chi connectivity index (χ2n) is 6.78. The molecule has 0 spiro atoms. The zero-order valence-corrected chi connectivity index (χ0v) is 15.9. The van der Waals surface area contributed by atoms with Gasteiger partial charge in [-0.15, -0.1) is 11.3 Å². The molecule has 0 bridgehead atoms. The van der Waals surface area contributed by atoms with E-state index in [4.69, 9.17) is 0 Å². The molecule has 3 aromatic rings. The minimum absolute atomic E-state index is 0.0361. The van der Waals surface area contributed by atoms with Crippen molar-refractivity contribution in [3.63, 3.8) is 0 Å². The van der Waals surface area contributed by atoms with Crippen LogP contribution in [-0.4, -0.2) is 51.3 Å². The number of amides is 1. The number of thiazole rings is 1. The number of aromatic nitrogens is 2. The number of carbonyl (C=O) groups is 1. The highest BCUT2D eigenvalue weighted by atomic mass is 32.1. The average Bonchev–Trinajstić information content (AvgIpc) is 3.17. The molecular formula is C20H22N4O2S. The van der Waals surface area contributed by atoms with Gasteiger partial charge in [0.25, 0.3) is 5.56 Å². The van der Waals surface area contributed by atoms with Crippen LogP contribution in [0.2, 0.25) is 0 Å². The maximum absolute atomic E-state index is 12.5. The van der Waals surface area contributed by atoms with Gasteiger partial charge in [0.15, 0.2) is 4.96 Å². The first kappa shape index (κ1) is 17.9. The van der Waals surface area contributed by atoms with E-state index in [1.807, 2.05) is 28.5 Å². The quantitative estimate of drug-likeness (QED) is 0.678. The molecule has 6 nitrogen and oxygen atoms in total. The average molecular weight is 382 g/mol. The lowest BCUT2D eigenvalue weighted by atomic mass is 10.1. The van der Waals surface area contributed by atoms with E-state index in [1.54, 1.807) is 16.7 Å². The van der Waals surface area contributed by atoms with E-state index in [0.717, 1.165) is 43.3 Å². The Hall–Kier alpha value is -2.51. The third-order valence-electron chi connectivity index (χ3n) is 4.94. The molecule has 0 saturated carbocycles. The SMILES string of the molecule is O=C(CCc1ccccc1)N1CCN(Cc2cc(=O)n3ccsc3n2)CC1. The monoisotopic (exact) mass is 382 g/mol. The van der Waals surface area contributed by atoms with Crippen LogP contribution in [0.5, 0.6) is 0 Å². The number of nitrogens with zero attached hydrogens (tertiary/aromatic N) is 4. The van der Waals surface area contributed by atoms with E-state index >= 15 is 0 Å². The van der Waals surface area contributed by atoms with Gasteiger partial charge in [-0.05, 0) is 12.0 Å². The predicted octanol–water partition coefficient (Wildman–Crippen LogP) is 2.03. The largest absolute Gasteiger partial charge is 0.340 e. The van der Waals surface area contributed by atoms with Gasteiger partial charge in [-0.2, -0.15) is 0 Å². The molecule has 1 aliphatic heterocycles. The summed E-state index contributed by atoms with van der Waals surface area (Å²) in [6.07, 6.45) is 3.09. The van der Waals surface area contributed by atoms with Crippen LogP contribution in [0.4, 0.5) is 0 Å². The fraction of sp³-hybridized carbons (Fsp3) is 0.350. The second kappa shape index (κ2) is 8.02. The van der Waals surface area contributed by atoms with Gasteiger partial charge >= 0.3 is 0 Å². The molecule has 0 radical (unpaired) electrons. The Bertz CT molecular complexity index is 974. The van der Waals surface area contributed by atoms with Crippen LogP contribution in [-0.2, 0) is 17.8 Å². The highest BCUT2D eigenvalue weighted by Crippen LogP contribution is 2.11. The summed E-state index contributed by atoms with van der Waals surface area (Å²) in [6, 6.07) is 11.7. The number of fused-ring (bicyclic) bond motifs is 1. The fourth-order valence-corrected chi connectivity index (χ4v) is 4.15. The molecule has 0 atom stereocenters. The Morgan fingerprint density at radius 3 is 2.67 bits per heavy atom. The molecule has 140 valence electrons. The van der Waals surface area contributed by atoms with Gasteiger partial charge in [0.05, 0.1) is 5.69 Å². The summed E-state index contributed by atoms with van der Waals surface area (Å²) in [7, 11) is 0. The molecule has 0 N–H and O–H groups in total. The lowest BCUT2D eigenvalue weighted by Gasteiger charge is -2.34. The molecule has 1 aromatic carbocycles. The van der Waals surface area contributed by atoms with Gasteiger partial charge < -0.3 is 4.90 Å². The van der Waals surface area contributed by atoms with Gasteiger partial charge in [-0.25, -0.2) is 4.98 Å². The molecule has 0 aliphatic carbocycles. The number of hydrogen-bond acceptors (Lipinski definition) is 5. The summed E-state index contributed by atoms with van der Waals surface area (Å²) in [5.41, 5.74) is 1.96. The first-order valence-corrected chi connectivity index (χ1v) is 10.1. The van der Waals surface area contributed by atoms with Crippen molar-refractivity contribution in [2.45, 2.75) is 19.4 Å². The van der Waals surface area contributed by atoms with Crippen LogP contribution in [0.15, 0.2) is 52.8 Å². The van der Waals surface area contributed by atoms with E-state index in [-0.39, 0.29) is 11.5 Å². The van der Waals surface area contributed by atoms with E-state index in [0.29, 0.717) is 13.0 Å². The topological polar surface area (TPSA) is 57.9 Å². The molecule has 4 rings (SSSR count). The van der Waals surface area contributed by atoms with Crippen molar-refractivity contribution in [3.05, 3.63) is 69.6 Å². The van der Waals surface area contributed by atoms with Crippen LogP contribution >= 0.6 is 11.3 Å². The number of aryl methyl sites for hydroxylation is 1. The first-order chi connectivity index (χ1) is 13.2. The summed E-state index contributed by atoms with van der Waals surface area (Å²) in [5, 5.41) is 1.87. The molecule has 1 fully saturated rings. The minimum Gasteiger partial charge on any atom is -0.340 e. The Morgan fingerprint density at radius 2 is 1.89 bits per heavy atom. The van der Waals surface area contributed by atoms with E-state index in [2.05, 4.69) is 22.0 Å². The van der Waals surface area contributed by atoms with Gasteiger partial charge in [-0.1, -0.05) is 30.3 Å². The van der Waals surface area contributed by atoms with Crippen LogP contribution in [0.3, 0.4) is 0 Å². The lowest BCUT2D eigenvalue weighted by molar-refractivity contribution is -0.133. The Balaban J connectivity index is 1.29. The molecule has 27 heavy (non-hydrogen) atoms. The fourth-order valence-electron chi connectivity index (χ4n) is 3.41. The van der Waals surface area contributed by atoms with Crippen molar-refractivity contribution in [2.75, 3.05) is 26.2 Å². The summed E-state index contributed by atoms with van der Waals surface area (Å²) in [6.45, 7) is 3.72. The number of hydrogen-bond donors (Lipinski definition) is 0. The van der Waals surface area contributed by atoms with Crippen LogP contribution in [0.25, 0.3) is 4.96 Å². The van der Waals surface area contributed by atoms with Crippen molar-refractivity contribution in [3.8, 4) is 0 Å². The van der Waals surface area contributed by atoms with Gasteiger partial charge in [-0.3, -0.25) is 18.9 Å². The lowest BCUT2D eigenvalue weighted by Crippen LogP contribution is -2.48. The Kier molecular flexibility index (Phi) is 5.31. The normalized spacial score (nSPS) is 15.3. The number of piperazine rings is 1. The minimum atomic E-state index is -0.0361. The molecule has 2 aromatic heterocycles. The highest BCUT2D eigenvalue weighted by Gasteiger charge is 2.21. The summed E-state index contributed by atoms with van der Waals surface area (Å²) < 4.78 is 1.57. The predicted molar refractivity (Wildman–Crippen MR) is 106 cm³/mol. The molecule has 1 amide bonds. The van der Waals surface area contributed by atoms with Gasteiger partial charge in [0, 0.05) is 56.8 Å². The standard InChI is InChI=1S/C20H22N4O2S/c25-18(7-6-16-4-2-1-3-5-16)23-10-8-22(9-11-23)15-17-14-19(26)24-12-13-27-20(24)21-17/h1-5,12-14H,6-11,15H2. The molecule has 1 saturated heterocycles. The van der Waals surface area contributed by atoms with E-state index < -0.39 is 0 Å². The number of benzene rings is 1. The zero-order valence-electron chi connectivity index (χ0n) is 15.1. The third-order valence-corrected chi connectivity index (χ3v) is 5.69. The highest BCUT2D eigenvalue weighted by molar-refractivity contribution is 7.15. The molecule has 1 aliphatic rings. The summed E-state index contributed by atoms with van der Waals surface area (Å²) in [4.78, 5) is 34.0. The van der Waals surface area contributed by atoms with Crippen LogP contribution < -0.4 is 5.56 Å². The van der Waals surface area contributed by atoms with Crippen molar-refractivity contribution in [1.29, 1.82) is 0 Å². The first-order valence-electron chi connectivity index (χ1n) is 9.19. The third kappa shape index (κ3) is 4.26. The van der Waals surface area contributed by atoms with E-state index in [9.17, 15) is 9.59 Å². The van der Waals surface area contributed by atoms with E-state index in [1.165, 1.54) is 16.9 Å². The van der Waals surface area contributed by atoms with Crippen molar-refractivity contribution < 1.29 is 4.79 Å². The molecule has 0 unspecified atom stereocenters. The smallest absolute Gasteiger partial charge is 0.258 e. The maximum atomic E-state index is 12.5. The van der Waals surface area contributed by atoms with Crippen molar-refractivity contribution in [2.24, 2.45) is 0 Å². The second-order valence-corrected chi connectivity index (χ2v) is 7.66. The van der Waals surface area contributed by atoms with Gasteiger partial charge in [0.1, 0.15) is 0 Å². The Morgan fingerprint density at radius 1 is 1.11 bits per heavy atom. The number of rotatable bonds is 5. The van der Waals surface area contributed by atoms with Crippen molar-refractivity contribution >= 4 is 22.2 Å². The zero-order chi connectivity index (χ0) is 18.6. The molecule has 3 heterocycles. The molecule has 7 heteroatoms. The van der Waals surface area contributed by atoms with Gasteiger partial charge in [0.2, 0.25) is 5.91 Å². The van der Waals surface area contributed by atoms with Crippen molar-refractivity contribution in [1.82, 2.24) is 19.2 Å². The summed E-state index contributed by atoms with van der Waals surface area (Å²) >= 11 is 1.47.